The molecule has 0 aliphatic carbocycles. The molecule has 1 unspecified atom stereocenters. The molecule has 84 valence electrons. The van der Waals surface area contributed by atoms with Crippen LogP contribution in [0.15, 0.2) is 0 Å². The van der Waals surface area contributed by atoms with E-state index in [1.54, 1.807) is 6.92 Å². The van der Waals surface area contributed by atoms with Gasteiger partial charge in [-0.1, -0.05) is 6.92 Å². The minimum atomic E-state index is -3.37. The minimum absolute atomic E-state index is 0.187. The van der Waals surface area contributed by atoms with Crippen LogP contribution in [0.1, 0.15) is 26.7 Å². The quantitative estimate of drug-likeness (QED) is 0.685. The van der Waals surface area contributed by atoms with Crippen LogP contribution in [0.5, 0.6) is 0 Å². The van der Waals surface area contributed by atoms with Crippen LogP contribution in [0, 0.1) is 0 Å². The Morgan fingerprint density at radius 3 is 2.64 bits per heavy atom. The van der Waals surface area contributed by atoms with E-state index in [1.807, 2.05) is 6.92 Å². The Labute approximate surface area is 85.3 Å². The van der Waals surface area contributed by atoms with Gasteiger partial charge in [0.2, 0.25) is 0 Å². The van der Waals surface area contributed by atoms with Crippen molar-refractivity contribution >= 4 is 10.2 Å². The second-order valence-corrected chi connectivity index (χ2v) is 5.74. The average molecular weight is 222 g/mol. The van der Waals surface area contributed by atoms with E-state index < -0.39 is 15.8 Å². The number of hydrogen-bond donors (Lipinski definition) is 2. The zero-order valence-electron chi connectivity index (χ0n) is 8.65. The summed E-state index contributed by atoms with van der Waals surface area (Å²) in [6.45, 7) is 4.59. The monoisotopic (exact) mass is 222 g/mol. The minimum Gasteiger partial charge on any atom is -0.389 e. The number of hydrogen-bond acceptors (Lipinski definition) is 3. The first-order valence-electron chi connectivity index (χ1n) is 4.84. The summed E-state index contributed by atoms with van der Waals surface area (Å²) in [6, 6.07) is 0. The van der Waals surface area contributed by atoms with Crippen molar-refractivity contribution in [1.29, 1.82) is 0 Å². The van der Waals surface area contributed by atoms with Gasteiger partial charge in [-0.15, -0.1) is 0 Å². The Kier molecular flexibility index (Phi) is 3.52. The molecule has 1 saturated heterocycles. The lowest BCUT2D eigenvalue weighted by Crippen LogP contribution is -2.41. The number of nitrogens with one attached hydrogen (secondary N) is 1. The molecule has 0 spiro atoms. The molecule has 0 aromatic rings. The standard InChI is InChI=1S/C8H18N2O3S/c1-3-5-9-14(12,13)10-6-4-8(2,11)7-10/h9,11H,3-7H2,1-2H3. The Balaban J connectivity index is 2.58. The average Bonchev–Trinajstić information content (AvgIpc) is 2.43. The third-order valence-corrected chi connectivity index (χ3v) is 3.85. The topological polar surface area (TPSA) is 69.6 Å². The van der Waals surface area contributed by atoms with Gasteiger partial charge in [0, 0.05) is 19.6 Å². The first-order valence-corrected chi connectivity index (χ1v) is 6.28. The van der Waals surface area contributed by atoms with Crippen LogP contribution in [0.2, 0.25) is 0 Å². The smallest absolute Gasteiger partial charge is 0.279 e. The molecule has 14 heavy (non-hydrogen) atoms. The molecule has 2 N–H and O–H groups in total. The van der Waals surface area contributed by atoms with Crippen LogP contribution in [0.25, 0.3) is 0 Å². The van der Waals surface area contributed by atoms with E-state index >= 15 is 0 Å². The van der Waals surface area contributed by atoms with Gasteiger partial charge in [-0.05, 0) is 19.8 Å². The van der Waals surface area contributed by atoms with Gasteiger partial charge in [0.15, 0.2) is 0 Å². The predicted octanol–water partition coefficient (Wildman–Crippen LogP) is -0.313. The molecule has 1 aliphatic rings. The first-order chi connectivity index (χ1) is 6.37. The van der Waals surface area contributed by atoms with Gasteiger partial charge in [0.1, 0.15) is 0 Å². The Morgan fingerprint density at radius 2 is 2.21 bits per heavy atom. The maximum absolute atomic E-state index is 11.6. The van der Waals surface area contributed by atoms with Gasteiger partial charge in [-0.2, -0.15) is 12.7 Å². The molecular formula is C8H18N2O3S. The van der Waals surface area contributed by atoms with E-state index in [0.29, 0.717) is 19.5 Å². The summed E-state index contributed by atoms with van der Waals surface area (Å²) in [6.07, 6.45) is 1.27. The molecule has 0 radical (unpaired) electrons. The molecule has 6 heteroatoms. The summed E-state index contributed by atoms with van der Waals surface area (Å²) in [5.41, 5.74) is -0.874. The molecule has 1 fully saturated rings. The van der Waals surface area contributed by atoms with Crippen LogP contribution in [0.3, 0.4) is 0 Å². The SMILES string of the molecule is CCCNS(=O)(=O)N1CCC(C)(O)C1. The first kappa shape index (κ1) is 11.9. The van der Waals surface area contributed by atoms with Crippen molar-refractivity contribution < 1.29 is 13.5 Å². The summed E-state index contributed by atoms with van der Waals surface area (Å²) in [5.74, 6) is 0. The zero-order chi connectivity index (χ0) is 10.8. The van der Waals surface area contributed by atoms with Crippen LogP contribution in [-0.4, -0.2) is 43.1 Å². The van der Waals surface area contributed by atoms with Gasteiger partial charge >= 0.3 is 0 Å². The van der Waals surface area contributed by atoms with Crippen molar-refractivity contribution in [1.82, 2.24) is 9.03 Å². The van der Waals surface area contributed by atoms with Crippen molar-refractivity contribution in [3.8, 4) is 0 Å². The summed E-state index contributed by atoms with van der Waals surface area (Å²) < 4.78 is 26.9. The maximum Gasteiger partial charge on any atom is 0.279 e. The van der Waals surface area contributed by atoms with Crippen LogP contribution in [-0.2, 0) is 10.2 Å². The Bertz CT molecular complexity index is 287. The molecule has 5 nitrogen and oxygen atoms in total. The summed E-state index contributed by atoms with van der Waals surface area (Å²) in [5, 5.41) is 9.62. The van der Waals surface area contributed by atoms with Gasteiger partial charge in [0.05, 0.1) is 5.60 Å². The van der Waals surface area contributed by atoms with Crippen LogP contribution in [0.4, 0.5) is 0 Å². The number of nitrogens with zero attached hydrogens (tertiary/aromatic N) is 1. The fraction of sp³-hybridized carbons (Fsp3) is 1.00. The van der Waals surface area contributed by atoms with Gasteiger partial charge in [-0.25, -0.2) is 4.72 Å². The van der Waals surface area contributed by atoms with E-state index in [1.165, 1.54) is 4.31 Å². The molecule has 1 atom stereocenters. The van der Waals surface area contributed by atoms with Crippen LogP contribution >= 0.6 is 0 Å². The molecular weight excluding hydrogens is 204 g/mol. The van der Waals surface area contributed by atoms with E-state index in [2.05, 4.69) is 4.72 Å². The third-order valence-electron chi connectivity index (χ3n) is 2.29. The second kappa shape index (κ2) is 4.14. The molecule has 0 aromatic heterocycles. The molecule has 0 aromatic carbocycles. The molecule has 0 bridgehead atoms. The van der Waals surface area contributed by atoms with E-state index in [4.69, 9.17) is 0 Å². The molecule has 1 heterocycles. The lowest BCUT2D eigenvalue weighted by molar-refractivity contribution is 0.0761. The molecule has 0 saturated carbocycles. The largest absolute Gasteiger partial charge is 0.389 e. The highest BCUT2D eigenvalue weighted by atomic mass is 32.2. The summed E-state index contributed by atoms with van der Waals surface area (Å²) in [4.78, 5) is 0. The van der Waals surface area contributed by atoms with Gasteiger partial charge in [-0.3, -0.25) is 0 Å². The van der Waals surface area contributed by atoms with E-state index in [9.17, 15) is 13.5 Å². The normalized spacial score (nSPS) is 29.6. The van der Waals surface area contributed by atoms with Crippen molar-refractivity contribution in [3.63, 3.8) is 0 Å². The van der Waals surface area contributed by atoms with Crippen LogP contribution < -0.4 is 4.72 Å². The van der Waals surface area contributed by atoms with Gasteiger partial charge in [0.25, 0.3) is 10.2 Å². The summed E-state index contributed by atoms with van der Waals surface area (Å²) in [7, 11) is -3.37. The number of aliphatic hydroxyl groups is 1. The lowest BCUT2D eigenvalue weighted by atomic mass is 10.1. The third kappa shape index (κ3) is 2.91. The highest BCUT2D eigenvalue weighted by molar-refractivity contribution is 7.87. The van der Waals surface area contributed by atoms with E-state index in [0.717, 1.165) is 6.42 Å². The van der Waals surface area contributed by atoms with Gasteiger partial charge < -0.3 is 5.11 Å². The molecule has 0 amide bonds. The highest BCUT2D eigenvalue weighted by Gasteiger charge is 2.37. The summed E-state index contributed by atoms with van der Waals surface area (Å²) >= 11 is 0. The van der Waals surface area contributed by atoms with Crippen molar-refractivity contribution in [2.45, 2.75) is 32.3 Å². The van der Waals surface area contributed by atoms with E-state index in [-0.39, 0.29) is 6.54 Å². The Hall–Kier alpha value is -0.170. The maximum atomic E-state index is 11.6. The fourth-order valence-corrected chi connectivity index (χ4v) is 2.86. The Morgan fingerprint density at radius 1 is 1.57 bits per heavy atom. The number of rotatable bonds is 4. The lowest BCUT2D eigenvalue weighted by Gasteiger charge is -2.18. The van der Waals surface area contributed by atoms with Crippen molar-refractivity contribution in [2.24, 2.45) is 0 Å². The predicted molar refractivity (Wildman–Crippen MR) is 54.0 cm³/mol. The molecule has 1 rings (SSSR count). The molecule has 1 aliphatic heterocycles. The number of β-amino-alcohol motifs (C(OH)–C–C–N with tert-alkyl or cyclic N) is 1. The zero-order valence-corrected chi connectivity index (χ0v) is 9.47. The highest BCUT2D eigenvalue weighted by Crippen LogP contribution is 2.21. The van der Waals surface area contributed by atoms with Crippen molar-refractivity contribution in [3.05, 3.63) is 0 Å². The fourth-order valence-electron chi connectivity index (χ4n) is 1.43. The second-order valence-electron chi connectivity index (χ2n) is 3.98. The van der Waals surface area contributed by atoms with Crippen molar-refractivity contribution in [2.75, 3.05) is 19.6 Å².